The summed E-state index contributed by atoms with van der Waals surface area (Å²) < 4.78 is 90.0. The molecule has 1 aliphatic heterocycles. The fourth-order valence-corrected chi connectivity index (χ4v) is 3.92. The molecule has 1 saturated heterocycles. The Balaban J connectivity index is 2.50. The monoisotopic (exact) mass is 390 g/mol. The van der Waals surface area contributed by atoms with Crippen LogP contribution in [0.4, 0.5) is 26.3 Å². The number of carbonyl (C=O) groups excluding carboxylic acids is 2. The van der Waals surface area contributed by atoms with Gasteiger partial charge in [-0.2, -0.15) is 26.3 Å². The number of hydrogen-bond acceptors (Lipinski definition) is 4. The topological polar surface area (TPSA) is 52.6 Å². The van der Waals surface area contributed by atoms with Crippen molar-refractivity contribution in [3.8, 4) is 0 Å². The molecule has 10 heteroatoms. The van der Waals surface area contributed by atoms with Crippen LogP contribution in [0.3, 0.4) is 0 Å². The molecule has 0 aromatic heterocycles. The Morgan fingerprint density at radius 1 is 1.19 bits per heavy atom. The number of carbonyl (C=O) groups is 2. The molecule has 0 aromatic carbocycles. The summed E-state index contributed by atoms with van der Waals surface area (Å²) in [5.41, 5.74) is -8.07. The van der Waals surface area contributed by atoms with Crippen LogP contribution in [0.5, 0.6) is 0 Å². The maximum atomic E-state index is 13.5. The van der Waals surface area contributed by atoms with E-state index in [0.717, 1.165) is 13.8 Å². The van der Waals surface area contributed by atoms with E-state index in [1.165, 1.54) is 13.8 Å². The summed E-state index contributed by atoms with van der Waals surface area (Å²) in [6, 6.07) is 0. The van der Waals surface area contributed by atoms with Gasteiger partial charge >= 0.3 is 29.9 Å². The Kier molecular flexibility index (Phi) is 4.61. The Morgan fingerprint density at radius 3 is 2.00 bits per heavy atom. The van der Waals surface area contributed by atoms with Gasteiger partial charge in [0.1, 0.15) is 0 Å². The van der Waals surface area contributed by atoms with E-state index in [-0.39, 0.29) is 12.8 Å². The van der Waals surface area contributed by atoms with Gasteiger partial charge in [-0.15, -0.1) is 0 Å². The third kappa shape index (κ3) is 2.67. The summed E-state index contributed by atoms with van der Waals surface area (Å²) in [4.78, 5) is 24.4. The van der Waals surface area contributed by atoms with E-state index in [9.17, 15) is 35.9 Å². The lowest BCUT2D eigenvalue weighted by Gasteiger charge is -2.41. The standard InChI is InChI=1S/C16H20F6O4/c1-8(2)7-14(15(17,18)19,16(20,21)22)26-11(24)13-6-5-9(10(23)25-13)12(13,3)4/h8-9H,5-7H2,1-4H3. The highest BCUT2D eigenvalue weighted by atomic mass is 19.4. The van der Waals surface area contributed by atoms with Crippen molar-refractivity contribution in [1.82, 2.24) is 0 Å². The Bertz CT molecular complexity index is 593. The fourth-order valence-electron chi connectivity index (χ4n) is 3.92. The van der Waals surface area contributed by atoms with E-state index >= 15 is 0 Å². The number of rotatable bonds is 4. The van der Waals surface area contributed by atoms with Gasteiger partial charge < -0.3 is 9.47 Å². The quantitative estimate of drug-likeness (QED) is 0.534. The van der Waals surface area contributed by atoms with Gasteiger partial charge in [-0.05, 0) is 18.8 Å². The predicted molar refractivity (Wildman–Crippen MR) is 75.7 cm³/mol. The molecule has 1 aliphatic carbocycles. The van der Waals surface area contributed by atoms with Crippen LogP contribution in [0.1, 0.15) is 47.0 Å². The molecule has 2 unspecified atom stereocenters. The summed E-state index contributed by atoms with van der Waals surface area (Å²) in [6.07, 6.45) is -13.3. The third-order valence-corrected chi connectivity index (χ3v) is 5.46. The second-order valence-electron chi connectivity index (χ2n) is 7.87. The maximum Gasteiger partial charge on any atom is 0.437 e. The summed E-state index contributed by atoms with van der Waals surface area (Å²) in [6.45, 7) is 5.12. The number of hydrogen-bond donors (Lipinski definition) is 0. The summed E-state index contributed by atoms with van der Waals surface area (Å²) in [5.74, 6) is -4.46. The first kappa shape index (κ1) is 20.8. The van der Waals surface area contributed by atoms with Gasteiger partial charge in [0.25, 0.3) is 0 Å². The first-order valence-electron chi connectivity index (χ1n) is 8.11. The van der Waals surface area contributed by atoms with Crippen LogP contribution in [0.15, 0.2) is 0 Å². The highest BCUT2D eigenvalue weighted by Crippen LogP contribution is 2.60. The van der Waals surface area contributed by atoms with E-state index in [0.29, 0.717) is 0 Å². The average Bonchev–Trinajstić information content (AvgIpc) is 2.78. The smallest absolute Gasteiger partial charge is 0.437 e. The van der Waals surface area contributed by atoms with Gasteiger partial charge in [0.2, 0.25) is 5.60 Å². The zero-order valence-electron chi connectivity index (χ0n) is 14.7. The van der Waals surface area contributed by atoms with Gasteiger partial charge in [-0.25, -0.2) is 4.79 Å². The Hall–Kier alpha value is -1.48. The van der Waals surface area contributed by atoms with Crippen LogP contribution < -0.4 is 0 Å². The molecular formula is C16H20F6O4. The van der Waals surface area contributed by atoms with Gasteiger partial charge in [-0.1, -0.05) is 27.7 Å². The fraction of sp³-hybridized carbons (Fsp3) is 0.875. The molecule has 0 aromatic rings. The van der Waals surface area contributed by atoms with Crippen LogP contribution >= 0.6 is 0 Å². The summed E-state index contributed by atoms with van der Waals surface area (Å²) in [7, 11) is 0. The van der Waals surface area contributed by atoms with E-state index in [2.05, 4.69) is 4.74 Å². The molecule has 1 heterocycles. The van der Waals surface area contributed by atoms with Crippen LogP contribution in [-0.2, 0) is 19.1 Å². The molecule has 2 aliphatic rings. The van der Waals surface area contributed by atoms with Gasteiger partial charge in [0, 0.05) is 11.8 Å². The van der Waals surface area contributed by atoms with Crippen molar-refractivity contribution < 1.29 is 45.4 Å². The minimum absolute atomic E-state index is 0.135. The molecule has 0 amide bonds. The molecule has 0 N–H and O–H groups in total. The SMILES string of the molecule is CC(C)CC(OC(=O)C12CCC(C(=O)O1)C2(C)C)(C(F)(F)F)C(F)(F)F. The lowest BCUT2D eigenvalue weighted by molar-refractivity contribution is -0.376. The Labute approximate surface area is 146 Å². The number of esters is 2. The van der Waals surface area contributed by atoms with Crippen molar-refractivity contribution in [1.29, 1.82) is 0 Å². The number of alkyl halides is 6. The third-order valence-electron chi connectivity index (χ3n) is 5.46. The zero-order chi connectivity index (χ0) is 20.3. The second-order valence-corrected chi connectivity index (χ2v) is 7.87. The zero-order valence-corrected chi connectivity index (χ0v) is 14.7. The minimum atomic E-state index is -5.88. The van der Waals surface area contributed by atoms with Crippen LogP contribution in [0.25, 0.3) is 0 Å². The molecule has 26 heavy (non-hydrogen) atoms. The lowest BCUT2D eigenvalue weighted by Crippen LogP contribution is -2.63. The highest BCUT2D eigenvalue weighted by molar-refractivity contribution is 5.91. The van der Waals surface area contributed by atoms with Crippen molar-refractivity contribution in [2.24, 2.45) is 17.3 Å². The van der Waals surface area contributed by atoms with Crippen molar-refractivity contribution in [2.75, 3.05) is 0 Å². The number of fused-ring (bicyclic) bond motifs is 2. The molecule has 2 atom stereocenters. The van der Waals surface area contributed by atoms with Gasteiger partial charge in [-0.3, -0.25) is 4.79 Å². The summed E-state index contributed by atoms with van der Waals surface area (Å²) >= 11 is 0. The van der Waals surface area contributed by atoms with Crippen molar-refractivity contribution in [3.05, 3.63) is 0 Å². The number of halogens is 6. The molecule has 4 nitrogen and oxygen atoms in total. The molecule has 150 valence electrons. The average molecular weight is 390 g/mol. The van der Waals surface area contributed by atoms with Crippen LogP contribution in [0, 0.1) is 17.3 Å². The van der Waals surface area contributed by atoms with Crippen LogP contribution in [0.2, 0.25) is 0 Å². The van der Waals surface area contributed by atoms with E-state index in [4.69, 9.17) is 4.74 Å². The predicted octanol–water partition coefficient (Wildman–Crippen LogP) is 4.17. The largest absolute Gasteiger partial charge is 0.446 e. The van der Waals surface area contributed by atoms with Gasteiger partial charge in [0.15, 0.2) is 0 Å². The highest BCUT2D eigenvalue weighted by Gasteiger charge is 2.77. The van der Waals surface area contributed by atoms with Crippen molar-refractivity contribution in [2.45, 2.75) is 70.5 Å². The lowest BCUT2D eigenvalue weighted by atomic mass is 9.74. The van der Waals surface area contributed by atoms with Gasteiger partial charge in [0.05, 0.1) is 5.92 Å². The Morgan fingerprint density at radius 2 is 1.69 bits per heavy atom. The van der Waals surface area contributed by atoms with Crippen molar-refractivity contribution in [3.63, 3.8) is 0 Å². The molecule has 0 radical (unpaired) electrons. The second kappa shape index (κ2) is 5.76. The van der Waals surface area contributed by atoms with E-state index in [1.807, 2.05) is 0 Å². The molecule has 2 rings (SSSR count). The minimum Gasteiger partial charge on any atom is -0.446 e. The first-order chi connectivity index (χ1) is 11.5. The first-order valence-corrected chi connectivity index (χ1v) is 8.11. The maximum absolute atomic E-state index is 13.5. The van der Waals surface area contributed by atoms with Crippen molar-refractivity contribution >= 4 is 11.9 Å². The van der Waals surface area contributed by atoms with E-state index < -0.39 is 59.2 Å². The molecule has 1 saturated carbocycles. The molecule has 2 bridgehead atoms. The molecule has 2 fully saturated rings. The van der Waals surface area contributed by atoms with Crippen LogP contribution in [-0.4, -0.2) is 35.5 Å². The normalized spacial score (nSPS) is 28.4. The molecule has 0 spiro atoms. The summed E-state index contributed by atoms with van der Waals surface area (Å²) in [5, 5.41) is 0. The van der Waals surface area contributed by atoms with E-state index in [1.54, 1.807) is 0 Å². The number of ether oxygens (including phenoxy) is 2. The molecular weight excluding hydrogens is 370 g/mol.